The van der Waals surface area contributed by atoms with E-state index in [0.717, 1.165) is 11.8 Å². The molecule has 35 heavy (non-hydrogen) atoms. The molecule has 3 aromatic rings. The second-order valence-corrected chi connectivity index (χ2v) is 9.84. The summed E-state index contributed by atoms with van der Waals surface area (Å²) in [6, 6.07) is 13.3. The fourth-order valence-electron chi connectivity index (χ4n) is 2.79. The second kappa shape index (κ2) is 10.9. The Morgan fingerprint density at radius 1 is 1.20 bits per heavy atom. The highest BCUT2D eigenvalue weighted by Gasteiger charge is 2.18. The molecule has 0 fully saturated rings. The minimum Gasteiger partial charge on any atom is -0.490 e. The normalized spacial score (nSPS) is 11.4. The number of hydrogen-bond donors (Lipinski definition) is 1. The Morgan fingerprint density at radius 3 is 2.60 bits per heavy atom. The largest absolute Gasteiger partial charge is 0.490 e. The molecule has 2 aromatic carbocycles. The van der Waals surface area contributed by atoms with Crippen molar-refractivity contribution in [3.8, 4) is 17.6 Å². The SMILES string of the molecule is CCOc1cc(C=C(C#N)C(=O)Nc2nc(S(C)(=O)=O)ns2)ccc1OC(=O)c1cccc(C)c1. The van der Waals surface area contributed by atoms with E-state index < -0.39 is 26.9 Å². The first-order chi connectivity index (χ1) is 16.6. The molecule has 1 N–H and O–H groups in total. The molecular weight excluding hydrogens is 492 g/mol. The minimum atomic E-state index is -3.63. The molecule has 1 heterocycles. The fraction of sp³-hybridized carbons (Fsp3) is 0.174. The first kappa shape index (κ1) is 25.5. The van der Waals surface area contributed by atoms with Crippen molar-refractivity contribution >= 4 is 44.5 Å². The van der Waals surface area contributed by atoms with Gasteiger partial charge in [0.05, 0.1) is 12.2 Å². The first-order valence-corrected chi connectivity index (χ1v) is 12.8. The van der Waals surface area contributed by atoms with E-state index >= 15 is 0 Å². The number of carbonyl (C=O) groups is 2. The van der Waals surface area contributed by atoms with E-state index in [1.165, 1.54) is 18.2 Å². The molecule has 0 spiro atoms. The van der Waals surface area contributed by atoms with Crippen molar-refractivity contribution in [2.45, 2.75) is 19.0 Å². The third-order valence-corrected chi connectivity index (χ3v) is 5.95. The molecule has 0 aliphatic rings. The molecule has 1 aromatic heterocycles. The number of rotatable bonds is 8. The van der Waals surface area contributed by atoms with Crippen molar-refractivity contribution in [1.82, 2.24) is 9.36 Å². The predicted molar refractivity (Wildman–Crippen MR) is 129 cm³/mol. The van der Waals surface area contributed by atoms with Gasteiger partial charge >= 0.3 is 5.97 Å². The van der Waals surface area contributed by atoms with E-state index in [0.29, 0.717) is 22.7 Å². The van der Waals surface area contributed by atoms with Gasteiger partial charge in [-0.25, -0.2) is 13.2 Å². The number of nitriles is 1. The van der Waals surface area contributed by atoms with Crippen LogP contribution in [-0.4, -0.2) is 42.5 Å². The summed E-state index contributed by atoms with van der Waals surface area (Å²) in [5, 5.41) is 11.3. The Morgan fingerprint density at radius 2 is 1.97 bits per heavy atom. The Labute approximate surface area is 205 Å². The molecule has 0 saturated carbocycles. The van der Waals surface area contributed by atoms with E-state index in [1.807, 2.05) is 13.0 Å². The molecule has 0 radical (unpaired) electrons. The number of amides is 1. The number of anilines is 1. The molecule has 0 atom stereocenters. The summed E-state index contributed by atoms with van der Waals surface area (Å²) < 4.78 is 37.7. The number of hydrogen-bond acceptors (Lipinski definition) is 10. The number of aromatic nitrogens is 2. The molecular formula is C23H20N4O6S2. The highest BCUT2D eigenvalue weighted by molar-refractivity contribution is 7.90. The van der Waals surface area contributed by atoms with Crippen LogP contribution >= 0.6 is 11.5 Å². The van der Waals surface area contributed by atoms with Crippen LogP contribution in [0.2, 0.25) is 0 Å². The lowest BCUT2D eigenvalue weighted by atomic mass is 10.1. The van der Waals surface area contributed by atoms with Gasteiger partial charge in [0.2, 0.25) is 15.0 Å². The van der Waals surface area contributed by atoms with Crippen LogP contribution in [0.3, 0.4) is 0 Å². The number of carbonyl (C=O) groups excluding carboxylic acids is 2. The summed E-state index contributed by atoms with van der Waals surface area (Å²) in [7, 11) is -3.63. The van der Waals surface area contributed by atoms with Crippen molar-refractivity contribution in [3.05, 3.63) is 64.7 Å². The van der Waals surface area contributed by atoms with Gasteiger partial charge in [0.25, 0.3) is 11.1 Å². The quantitative estimate of drug-likeness (QED) is 0.207. The van der Waals surface area contributed by atoms with Crippen LogP contribution in [0.15, 0.2) is 53.2 Å². The average molecular weight is 513 g/mol. The third kappa shape index (κ3) is 6.72. The number of esters is 1. The number of nitrogens with zero attached hydrogens (tertiary/aromatic N) is 3. The van der Waals surface area contributed by atoms with Crippen LogP contribution in [0.1, 0.15) is 28.4 Å². The maximum Gasteiger partial charge on any atom is 0.343 e. The van der Waals surface area contributed by atoms with Gasteiger partial charge in [0.1, 0.15) is 11.6 Å². The Balaban J connectivity index is 1.82. The third-order valence-electron chi connectivity index (χ3n) is 4.36. The lowest BCUT2D eigenvalue weighted by Gasteiger charge is -2.12. The summed E-state index contributed by atoms with van der Waals surface area (Å²) in [4.78, 5) is 28.8. The van der Waals surface area contributed by atoms with Crippen molar-refractivity contribution in [3.63, 3.8) is 0 Å². The smallest absolute Gasteiger partial charge is 0.343 e. The van der Waals surface area contributed by atoms with Crippen LogP contribution in [0.25, 0.3) is 6.08 Å². The van der Waals surface area contributed by atoms with Crippen molar-refractivity contribution in [2.24, 2.45) is 0 Å². The van der Waals surface area contributed by atoms with Crippen LogP contribution in [0.4, 0.5) is 5.13 Å². The zero-order valence-corrected chi connectivity index (χ0v) is 20.6. The maximum atomic E-state index is 12.5. The van der Waals surface area contributed by atoms with Gasteiger partial charge in [-0.15, -0.1) is 0 Å². The molecule has 180 valence electrons. The first-order valence-electron chi connectivity index (χ1n) is 10.1. The van der Waals surface area contributed by atoms with Gasteiger partial charge in [0.15, 0.2) is 11.5 Å². The number of nitrogens with one attached hydrogen (secondary N) is 1. The highest BCUT2D eigenvalue weighted by Crippen LogP contribution is 2.30. The molecule has 3 rings (SSSR count). The molecule has 10 nitrogen and oxygen atoms in total. The maximum absolute atomic E-state index is 12.5. The van der Waals surface area contributed by atoms with Crippen LogP contribution < -0.4 is 14.8 Å². The molecule has 0 aliphatic heterocycles. The van der Waals surface area contributed by atoms with Gasteiger partial charge in [-0.1, -0.05) is 23.8 Å². The summed E-state index contributed by atoms with van der Waals surface area (Å²) in [5.41, 5.74) is 1.46. The van der Waals surface area contributed by atoms with E-state index in [1.54, 1.807) is 37.3 Å². The van der Waals surface area contributed by atoms with Crippen molar-refractivity contribution in [1.29, 1.82) is 5.26 Å². The summed E-state index contributed by atoms with van der Waals surface area (Å²) >= 11 is 0.677. The van der Waals surface area contributed by atoms with E-state index in [-0.39, 0.29) is 28.8 Å². The Bertz CT molecular complexity index is 1450. The molecule has 1 amide bonds. The van der Waals surface area contributed by atoms with Crippen LogP contribution in [0, 0.1) is 18.3 Å². The van der Waals surface area contributed by atoms with Gasteiger partial charge < -0.3 is 9.47 Å². The molecule has 12 heteroatoms. The minimum absolute atomic E-state index is 0.0648. The number of ether oxygens (including phenoxy) is 2. The highest BCUT2D eigenvalue weighted by atomic mass is 32.2. The van der Waals surface area contributed by atoms with E-state index in [9.17, 15) is 23.3 Å². The number of benzene rings is 2. The molecule has 0 aliphatic carbocycles. The summed E-state index contributed by atoms with van der Waals surface area (Å²) in [6.07, 6.45) is 2.25. The number of aryl methyl sites for hydroxylation is 1. The Hall–Kier alpha value is -4.08. The summed E-state index contributed by atoms with van der Waals surface area (Å²) in [5.74, 6) is -0.917. The summed E-state index contributed by atoms with van der Waals surface area (Å²) in [6.45, 7) is 3.91. The predicted octanol–water partition coefficient (Wildman–Crippen LogP) is 3.41. The molecule has 0 saturated heterocycles. The lowest BCUT2D eigenvalue weighted by molar-refractivity contribution is -0.112. The second-order valence-electron chi connectivity index (χ2n) is 7.18. The Kier molecular flexibility index (Phi) is 7.95. The topological polar surface area (TPSA) is 148 Å². The van der Waals surface area contributed by atoms with Gasteiger partial charge in [-0.3, -0.25) is 10.1 Å². The molecule has 0 unspecified atom stereocenters. The van der Waals surface area contributed by atoms with Gasteiger partial charge in [-0.2, -0.15) is 14.6 Å². The van der Waals surface area contributed by atoms with Gasteiger partial charge in [0, 0.05) is 17.8 Å². The van der Waals surface area contributed by atoms with Gasteiger partial charge in [-0.05, 0) is 49.8 Å². The lowest BCUT2D eigenvalue weighted by Crippen LogP contribution is -2.13. The number of sulfone groups is 1. The fourth-order valence-corrected chi connectivity index (χ4v) is 4.23. The van der Waals surface area contributed by atoms with Crippen molar-refractivity contribution < 1.29 is 27.5 Å². The van der Waals surface area contributed by atoms with E-state index in [2.05, 4.69) is 14.7 Å². The zero-order chi connectivity index (χ0) is 25.6. The van der Waals surface area contributed by atoms with E-state index in [4.69, 9.17) is 9.47 Å². The van der Waals surface area contributed by atoms with Crippen LogP contribution in [-0.2, 0) is 14.6 Å². The monoisotopic (exact) mass is 512 g/mol. The standard InChI is InChI=1S/C23H20N4O6S2/c1-4-32-19-12-15(8-9-18(19)33-21(29)16-7-5-6-14(2)10-16)11-17(13-24)20(28)25-22-26-23(27-34-22)35(3,30)31/h5-12H,4H2,1-3H3,(H,25,26,27,28). The van der Waals surface area contributed by atoms with Crippen molar-refractivity contribution in [2.75, 3.05) is 18.2 Å². The average Bonchev–Trinajstić information content (AvgIpc) is 3.28. The van der Waals surface area contributed by atoms with Crippen LogP contribution in [0.5, 0.6) is 11.5 Å². The molecule has 0 bridgehead atoms. The zero-order valence-electron chi connectivity index (χ0n) is 18.9.